The summed E-state index contributed by atoms with van der Waals surface area (Å²) in [4.78, 5) is 1.36. The van der Waals surface area contributed by atoms with E-state index in [0.29, 0.717) is 16.8 Å². The number of nitrogens with zero attached hydrogens (tertiary/aromatic N) is 2. The van der Waals surface area contributed by atoms with E-state index in [1.165, 1.54) is 4.90 Å². The Kier molecular flexibility index (Phi) is 6.38. The average molecular weight is 747 g/mol. The molecule has 11 rings (SSSR count). The summed E-state index contributed by atoms with van der Waals surface area (Å²) in [5, 5.41) is 5.61. The van der Waals surface area contributed by atoms with E-state index in [-0.39, 0.29) is 46.7 Å². The van der Waals surface area contributed by atoms with E-state index >= 15 is 0 Å². The summed E-state index contributed by atoms with van der Waals surface area (Å²) in [6.45, 7) is 0. The fourth-order valence-corrected chi connectivity index (χ4v) is 8.19. The second kappa shape index (κ2) is 14.1. The Bertz CT molecular complexity index is 3500. The number of para-hydroxylation sites is 2. The molecule has 0 spiro atoms. The summed E-state index contributed by atoms with van der Waals surface area (Å²) in [5.74, 6) is 0. The van der Waals surface area contributed by atoms with Gasteiger partial charge in [-0.2, -0.15) is 0 Å². The van der Waals surface area contributed by atoms with Crippen LogP contribution in [-0.4, -0.2) is 4.57 Å². The van der Waals surface area contributed by atoms with Crippen LogP contribution in [-0.2, 0) is 0 Å². The SMILES string of the molecule is [2H]c1c([2H])c(N(c2ccc(-c3cccc(-n4c5ccccc5c5ccccc54)c3)cc2)c2c([2H])c([2H])c(-c3cccc4ccccc34)c([2H])c2[2H])c([2H])c([2H])c1-c1cccc2ccccc12. The number of hydrogen-bond acceptors (Lipinski definition) is 1. The van der Waals surface area contributed by atoms with Crippen molar-refractivity contribution in [3.05, 3.63) is 230 Å². The highest BCUT2D eigenvalue weighted by Crippen LogP contribution is 2.40. The zero-order chi connectivity index (χ0) is 45.4. The summed E-state index contributed by atoms with van der Waals surface area (Å²) < 4.78 is 78.5. The van der Waals surface area contributed by atoms with Crippen molar-refractivity contribution >= 4 is 60.4 Å². The molecule has 0 saturated carbocycles. The predicted molar refractivity (Wildman–Crippen MR) is 247 cm³/mol. The molecule has 0 atom stereocenters. The topological polar surface area (TPSA) is 8.17 Å². The van der Waals surface area contributed by atoms with Gasteiger partial charge in [0.2, 0.25) is 0 Å². The van der Waals surface area contributed by atoms with Crippen LogP contribution < -0.4 is 4.90 Å². The predicted octanol–water partition coefficient (Wildman–Crippen LogP) is 15.6. The molecule has 0 amide bonds. The van der Waals surface area contributed by atoms with Gasteiger partial charge in [-0.15, -0.1) is 0 Å². The van der Waals surface area contributed by atoms with Gasteiger partial charge in [0.05, 0.1) is 22.0 Å². The van der Waals surface area contributed by atoms with Crippen LogP contribution in [0.1, 0.15) is 11.0 Å². The Morgan fingerprint density at radius 2 is 0.776 bits per heavy atom. The van der Waals surface area contributed by atoms with Gasteiger partial charge in [-0.3, -0.25) is 0 Å². The van der Waals surface area contributed by atoms with Crippen LogP contribution in [0.3, 0.4) is 0 Å². The van der Waals surface area contributed by atoms with Gasteiger partial charge in [0.15, 0.2) is 0 Å². The average Bonchev–Trinajstić information content (AvgIpc) is 3.69. The second-order valence-corrected chi connectivity index (χ2v) is 14.3. The van der Waals surface area contributed by atoms with Crippen molar-refractivity contribution in [3.8, 4) is 39.1 Å². The quantitative estimate of drug-likeness (QED) is 0.158. The first-order chi connectivity index (χ1) is 32.1. The van der Waals surface area contributed by atoms with Gasteiger partial charge in [0.25, 0.3) is 0 Å². The summed E-state index contributed by atoms with van der Waals surface area (Å²) in [6.07, 6.45) is 0. The van der Waals surface area contributed by atoms with Crippen LogP contribution in [0.2, 0.25) is 0 Å². The van der Waals surface area contributed by atoms with Crippen molar-refractivity contribution in [2.45, 2.75) is 0 Å². The van der Waals surface area contributed by atoms with Gasteiger partial charge in [-0.25, -0.2) is 0 Å². The maximum atomic E-state index is 9.61. The van der Waals surface area contributed by atoms with Crippen LogP contribution in [0.25, 0.3) is 82.4 Å². The van der Waals surface area contributed by atoms with Crippen LogP contribution in [0.4, 0.5) is 17.1 Å². The monoisotopic (exact) mass is 746 g/mol. The third kappa shape index (κ3) is 5.82. The molecule has 0 N–H and O–H groups in total. The molecule has 0 aliphatic carbocycles. The first kappa shape index (κ1) is 26.2. The van der Waals surface area contributed by atoms with Crippen LogP contribution in [0.5, 0.6) is 0 Å². The van der Waals surface area contributed by atoms with E-state index in [1.54, 1.807) is 24.3 Å². The Morgan fingerprint density at radius 3 is 1.31 bits per heavy atom. The normalized spacial score (nSPS) is 13.4. The highest BCUT2D eigenvalue weighted by molar-refractivity contribution is 6.09. The first-order valence-electron chi connectivity index (χ1n) is 23.3. The van der Waals surface area contributed by atoms with E-state index < -0.39 is 24.2 Å². The summed E-state index contributed by atoms with van der Waals surface area (Å²) in [7, 11) is 0. The minimum Gasteiger partial charge on any atom is -0.311 e. The molecule has 2 nitrogen and oxygen atoms in total. The van der Waals surface area contributed by atoms with Crippen molar-refractivity contribution in [1.29, 1.82) is 0 Å². The summed E-state index contributed by atoms with van der Waals surface area (Å²) in [6, 6.07) is 55.7. The summed E-state index contributed by atoms with van der Waals surface area (Å²) >= 11 is 0. The molecule has 0 radical (unpaired) electrons. The Hall–Kier alpha value is -7.68. The maximum absolute atomic E-state index is 9.61. The van der Waals surface area contributed by atoms with Crippen molar-refractivity contribution in [2.24, 2.45) is 0 Å². The molecule has 2 heteroatoms. The lowest BCUT2D eigenvalue weighted by atomic mass is 9.97. The minimum absolute atomic E-state index is 0.120. The Morgan fingerprint density at radius 1 is 0.328 bits per heavy atom. The molecule has 0 saturated heterocycles. The van der Waals surface area contributed by atoms with Crippen LogP contribution in [0.15, 0.2) is 230 Å². The van der Waals surface area contributed by atoms with Gasteiger partial charge in [-0.05, 0) is 115 Å². The zero-order valence-corrected chi connectivity index (χ0v) is 31.2. The van der Waals surface area contributed by atoms with E-state index in [0.717, 1.165) is 60.2 Å². The van der Waals surface area contributed by atoms with Gasteiger partial charge in [0.1, 0.15) is 0 Å². The maximum Gasteiger partial charge on any atom is 0.0645 e. The number of fused-ring (bicyclic) bond motifs is 5. The standard InChI is InChI=1S/C56H38N2/c1-3-18-49-40(12-1)14-10-22-51(49)42-28-34-46(35-29-42)57(47-36-30-43(31-37-47)52-23-11-15-41-13-2-4-19-50(41)52)45-32-26-39(27-33-45)44-16-9-17-48(38-44)58-55-24-7-5-20-53(55)54-21-6-8-25-56(54)58/h1-38H/i28D,29D,30D,31D,34D,35D,36D,37D. The van der Waals surface area contributed by atoms with Gasteiger partial charge in [0, 0.05) is 33.5 Å². The molecule has 10 aromatic carbocycles. The van der Waals surface area contributed by atoms with Gasteiger partial charge in [-0.1, -0.05) is 170 Å². The third-order valence-corrected chi connectivity index (χ3v) is 10.9. The molecular formula is C56H38N2. The number of hydrogen-bond donors (Lipinski definition) is 0. The fourth-order valence-electron chi connectivity index (χ4n) is 8.19. The highest BCUT2D eigenvalue weighted by atomic mass is 15.1. The van der Waals surface area contributed by atoms with Gasteiger partial charge >= 0.3 is 0 Å². The molecule has 1 aromatic heterocycles. The number of anilines is 3. The minimum atomic E-state index is -0.392. The molecule has 272 valence electrons. The number of aromatic nitrogens is 1. The molecule has 0 fully saturated rings. The van der Waals surface area contributed by atoms with Crippen molar-refractivity contribution in [1.82, 2.24) is 4.57 Å². The summed E-state index contributed by atoms with van der Waals surface area (Å²) in [5.41, 5.74) is 6.15. The lowest BCUT2D eigenvalue weighted by Gasteiger charge is -2.26. The molecule has 58 heavy (non-hydrogen) atoms. The van der Waals surface area contributed by atoms with Gasteiger partial charge < -0.3 is 9.47 Å². The molecule has 0 aliphatic rings. The molecule has 1 heterocycles. The third-order valence-electron chi connectivity index (χ3n) is 10.9. The zero-order valence-electron chi connectivity index (χ0n) is 39.2. The Labute approximate surface area is 349 Å². The van der Waals surface area contributed by atoms with Crippen molar-refractivity contribution in [3.63, 3.8) is 0 Å². The van der Waals surface area contributed by atoms with E-state index in [4.69, 9.17) is 0 Å². The number of benzene rings is 10. The molecule has 0 bridgehead atoms. The van der Waals surface area contributed by atoms with E-state index in [1.807, 2.05) is 121 Å². The fraction of sp³-hybridized carbons (Fsp3) is 0. The Balaban J connectivity index is 1.10. The lowest BCUT2D eigenvalue weighted by Crippen LogP contribution is -2.09. The van der Waals surface area contributed by atoms with Crippen LogP contribution >= 0.6 is 0 Å². The van der Waals surface area contributed by atoms with Crippen LogP contribution in [0, 0.1) is 0 Å². The largest absolute Gasteiger partial charge is 0.311 e. The lowest BCUT2D eigenvalue weighted by molar-refractivity contribution is 1.18. The van der Waals surface area contributed by atoms with Crippen molar-refractivity contribution in [2.75, 3.05) is 4.90 Å². The molecule has 11 aromatic rings. The highest BCUT2D eigenvalue weighted by Gasteiger charge is 2.16. The van der Waals surface area contributed by atoms with E-state index in [9.17, 15) is 11.0 Å². The first-order valence-corrected chi connectivity index (χ1v) is 19.3. The number of rotatable bonds is 7. The molecule has 0 unspecified atom stereocenters. The second-order valence-electron chi connectivity index (χ2n) is 14.3. The molecule has 0 aliphatic heterocycles. The smallest absolute Gasteiger partial charge is 0.0645 e. The molecular weight excluding hydrogens is 701 g/mol. The van der Waals surface area contributed by atoms with E-state index in [2.05, 4.69) is 41.0 Å². The van der Waals surface area contributed by atoms with Crippen molar-refractivity contribution < 1.29 is 11.0 Å².